The van der Waals surface area contributed by atoms with Crippen molar-refractivity contribution in [1.82, 2.24) is 24.1 Å². The molecule has 2 atom stereocenters. The van der Waals surface area contributed by atoms with Gasteiger partial charge in [-0.3, -0.25) is 14.1 Å². The van der Waals surface area contributed by atoms with E-state index in [1.165, 1.54) is 11.3 Å². The highest BCUT2D eigenvalue weighted by Gasteiger charge is 2.36. The van der Waals surface area contributed by atoms with Gasteiger partial charge in [0.2, 0.25) is 0 Å². The van der Waals surface area contributed by atoms with E-state index in [0.29, 0.717) is 6.61 Å². The molecule has 0 aliphatic heterocycles. The molecule has 4 heterocycles. The number of hydrogen-bond donors (Lipinski definition) is 1. The van der Waals surface area contributed by atoms with Crippen molar-refractivity contribution in [1.29, 1.82) is 0 Å². The van der Waals surface area contributed by atoms with E-state index in [4.69, 9.17) is 14.8 Å². The Morgan fingerprint density at radius 3 is 2.61 bits per heavy atom. The van der Waals surface area contributed by atoms with Crippen molar-refractivity contribution in [3.8, 4) is 10.6 Å². The normalized spacial score (nSPS) is 23.5. The molecule has 0 amide bonds. The lowest BCUT2D eigenvalue weighted by atomic mass is 9.77. The van der Waals surface area contributed by atoms with Gasteiger partial charge in [-0.2, -0.15) is 0 Å². The van der Waals surface area contributed by atoms with Gasteiger partial charge in [-0.15, -0.1) is 0 Å². The third kappa shape index (κ3) is 3.78. The summed E-state index contributed by atoms with van der Waals surface area (Å²) < 4.78 is 9.54. The highest BCUT2D eigenvalue weighted by atomic mass is 32.1. The summed E-state index contributed by atoms with van der Waals surface area (Å²) in [5.41, 5.74) is 4.29. The summed E-state index contributed by atoms with van der Waals surface area (Å²) in [6.07, 6.45) is 5.37. The van der Waals surface area contributed by atoms with Crippen LogP contribution >= 0.6 is 11.3 Å². The molecule has 0 spiro atoms. The molecule has 1 aliphatic rings. The molecule has 5 rings (SSSR count). The molecule has 1 saturated carbocycles. The highest BCUT2D eigenvalue weighted by Crippen LogP contribution is 2.40. The van der Waals surface area contributed by atoms with Crippen molar-refractivity contribution in [2.75, 3.05) is 13.2 Å². The number of aliphatic hydroxyl groups excluding tert-OH is 1. The van der Waals surface area contributed by atoms with Crippen LogP contribution in [0.3, 0.4) is 0 Å². The monoisotopic (exact) mass is 467 g/mol. The quantitative estimate of drug-likeness (QED) is 0.481. The fraction of sp³-hybridized carbons (Fsp3) is 0.500. The average molecular weight is 468 g/mol. The van der Waals surface area contributed by atoms with Crippen LogP contribution in [0.2, 0.25) is 0 Å². The molecular weight excluding hydrogens is 438 g/mol. The number of nitrogens with zero attached hydrogens (tertiary/aromatic N) is 5. The SMILES string of the molecule is Cc1ccc(-c2nc3c(ncc4c3n(C3CC(C)C(OCCO)C(C)C3)c(=O)n4C)s2)cn1. The van der Waals surface area contributed by atoms with Crippen LogP contribution in [0.4, 0.5) is 0 Å². The van der Waals surface area contributed by atoms with E-state index in [-0.39, 0.29) is 36.3 Å². The molecule has 0 bridgehead atoms. The smallest absolute Gasteiger partial charge is 0.329 e. The molecule has 2 unspecified atom stereocenters. The van der Waals surface area contributed by atoms with E-state index in [9.17, 15) is 4.79 Å². The van der Waals surface area contributed by atoms with Crippen LogP contribution in [0, 0.1) is 18.8 Å². The third-order valence-electron chi connectivity index (χ3n) is 6.81. The van der Waals surface area contributed by atoms with Crippen LogP contribution < -0.4 is 5.69 Å². The van der Waals surface area contributed by atoms with Gasteiger partial charge in [-0.25, -0.2) is 14.8 Å². The van der Waals surface area contributed by atoms with Gasteiger partial charge >= 0.3 is 5.69 Å². The first kappa shape index (κ1) is 22.2. The number of thiazole rings is 1. The summed E-state index contributed by atoms with van der Waals surface area (Å²) in [6, 6.07) is 4.05. The zero-order valence-electron chi connectivity index (χ0n) is 19.4. The Labute approximate surface area is 195 Å². The van der Waals surface area contributed by atoms with Crippen LogP contribution in [-0.2, 0) is 11.8 Å². The summed E-state index contributed by atoms with van der Waals surface area (Å²) in [6.45, 7) is 6.67. The molecular formula is C24H29N5O3S. The van der Waals surface area contributed by atoms with Gasteiger partial charge in [-0.05, 0) is 43.7 Å². The molecule has 1 aliphatic carbocycles. The number of ether oxygens (including phenoxy) is 1. The highest BCUT2D eigenvalue weighted by molar-refractivity contribution is 7.21. The fourth-order valence-corrected chi connectivity index (χ4v) is 6.17. The molecule has 0 saturated heterocycles. The predicted molar refractivity (Wildman–Crippen MR) is 130 cm³/mol. The number of aromatic nitrogens is 5. The topological polar surface area (TPSA) is 95.1 Å². The van der Waals surface area contributed by atoms with Gasteiger partial charge < -0.3 is 9.84 Å². The van der Waals surface area contributed by atoms with Gasteiger partial charge in [0.1, 0.15) is 20.9 Å². The van der Waals surface area contributed by atoms with Crippen molar-refractivity contribution < 1.29 is 9.84 Å². The maximum Gasteiger partial charge on any atom is 0.329 e. The second-order valence-corrected chi connectivity index (χ2v) is 10.2. The van der Waals surface area contributed by atoms with Gasteiger partial charge in [0.15, 0.2) is 0 Å². The zero-order valence-corrected chi connectivity index (χ0v) is 20.2. The molecule has 0 aromatic carbocycles. The second-order valence-electron chi connectivity index (χ2n) is 9.20. The van der Waals surface area contributed by atoms with Crippen molar-refractivity contribution in [3.63, 3.8) is 0 Å². The van der Waals surface area contributed by atoms with Crippen LogP contribution in [0.5, 0.6) is 0 Å². The number of fused-ring (bicyclic) bond motifs is 3. The number of imidazole rings is 1. The molecule has 4 aromatic rings. The second kappa shape index (κ2) is 8.62. The van der Waals surface area contributed by atoms with E-state index < -0.39 is 0 Å². The van der Waals surface area contributed by atoms with Gasteiger partial charge in [0.05, 0.1) is 31.0 Å². The summed E-state index contributed by atoms with van der Waals surface area (Å²) in [5.74, 6) is 0.545. The van der Waals surface area contributed by atoms with E-state index in [0.717, 1.165) is 50.5 Å². The van der Waals surface area contributed by atoms with Gasteiger partial charge in [0, 0.05) is 30.5 Å². The molecule has 0 radical (unpaired) electrons. The van der Waals surface area contributed by atoms with E-state index in [2.05, 4.69) is 23.8 Å². The Bertz CT molecular complexity index is 1340. The fourth-order valence-electron chi connectivity index (χ4n) is 5.27. The van der Waals surface area contributed by atoms with E-state index in [1.54, 1.807) is 17.8 Å². The van der Waals surface area contributed by atoms with Crippen LogP contribution in [0.25, 0.3) is 32.0 Å². The summed E-state index contributed by atoms with van der Waals surface area (Å²) in [7, 11) is 1.80. The van der Waals surface area contributed by atoms with E-state index in [1.807, 2.05) is 29.8 Å². The zero-order chi connectivity index (χ0) is 23.3. The Morgan fingerprint density at radius 2 is 1.94 bits per heavy atom. The number of hydrogen-bond acceptors (Lipinski definition) is 7. The number of rotatable bonds is 5. The molecule has 174 valence electrons. The van der Waals surface area contributed by atoms with Crippen LogP contribution in [0.15, 0.2) is 29.3 Å². The molecule has 9 heteroatoms. The van der Waals surface area contributed by atoms with Crippen molar-refractivity contribution in [3.05, 3.63) is 40.7 Å². The Balaban J connectivity index is 1.62. The lowest BCUT2D eigenvalue weighted by molar-refractivity contribution is -0.0587. The minimum atomic E-state index is -0.0371. The lowest BCUT2D eigenvalue weighted by Gasteiger charge is -2.39. The minimum absolute atomic E-state index is 0.0236. The molecule has 1 N–H and O–H groups in total. The first-order valence-corrected chi connectivity index (χ1v) is 12.2. The summed E-state index contributed by atoms with van der Waals surface area (Å²) in [4.78, 5) is 28.2. The third-order valence-corrected chi connectivity index (χ3v) is 7.82. The summed E-state index contributed by atoms with van der Waals surface area (Å²) >= 11 is 1.52. The lowest BCUT2D eigenvalue weighted by Crippen LogP contribution is -2.40. The molecule has 8 nitrogen and oxygen atoms in total. The summed E-state index contributed by atoms with van der Waals surface area (Å²) in [5, 5.41) is 10.0. The predicted octanol–water partition coefficient (Wildman–Crippen LogP) is 3.70. The van der Waals surface area contributed by atoms with Crippen LogP contribution in [-0.4, -0.2) is 48.5 Å². The maximum atomic E-state index is 13.4. The molecule has 1 fully saturated rings. The Hall–Kier alpha value is -2.62. The van der Waals surface area contributed by atoms with Crippen LogP contribution in [0.1, 0.15) is 38.4 Å². The molecule has 4 aromatic heterocycles. The first-order valence-electron chi connectivity index (χ1n) is 11.4. The number of aliphatic hydroxyl groups is 1. The van der Waals surface area contributed by atoms with E-state index >= 15 is 0 Å². The van der Waals surface area contributed by atoms with Gasteiger partial charge in [-0.1, -0.05) is 25.2 Å². The largest absolute Gasteiger partial charge is 0.394 e. The molecule has 33 heavy (non-hydrogen) atoms. The standard InChI is InChI=1S/C24H29N5O3S/c1-13-9-17(10-14(2)21(13)32-8-7-30)29-20-18(28(4)24(29)31)12-26-23-19(20)27-22(33-23)16-6-5-15(3)25-11-16/h5-6,11-14,17,21,30H,7-10H2,1-4H3. The number of pyridine rings is 2. The average Bonchev–Trinajstić information content (AvgIpc) is 3.33. The number of aryl methyl sites for hydroxylation is 2. The maximum absolute atomic E-state index is 13.4. The van der Waals surface area contributed by atoms with Crippen molar-refractivity contribution >= 4 is 32.7 Å². The first-order chi connectivity index (χ1) is 15.9. The minimum Gasteiger partial charge on any atom is -0.394 e. The van der Waals surface area contributed by atoms with Gasteiger partial charge in [0.25, 0.3) is 0 Å². The Morgan fingerprint density at radius 1 is 1.18 bits per heavy atom. The van der Waals surface area contributed by atoms with Crippen molar-refractivity contribution in [2.24, 2.45) is 18.9 Å². The Kier molecular flexibility index (Phi) is 5.80. The van der Waals surface area contributed by atoms with Crippen molar-refractivity contribution in [2.45, 2.75) is 45.8 Å².